The van der Waals surface area contributed by atoms with E-state index in [1.807, 2.05) is 0 Å². The number of methoxy groups -OCH3 is 1. The highest BCUT2D eigenvalue weighted by Gasteiger charge is 1.87. The van der Waals surface area contributed by atoms with Gasteiger partial charge in [0.25, 0.3) is 0 Å². The Labute approximate surface area is 67.9 Å². The van der Waals surface area contributed by atoms with Crippen LogP contribution in [0, 0.1) is 0 Å². The highest BCUT2D eigenvalue weighted by molar-refractivity contribution is 4.48. The molecule has 66 valence electrons. The zero-order chi connectivity index (χ0) is 8.36. The number of rotatable bonds is 8. The van der Waals surface area contributed by atoms with Gasteiger partial charge in [-0.05, 0) is 0 Å². The van der Waals surface area contributed by atoms with Gasteiger partial charge in [-0.15, -0.1) is 0 Å². The lowest BCUT2D eigenvalue weighted by Gasteiger charge is -2.02. The molecule has 0 aromatic carbocycles. The topological polar surface area (TPSA) is 27.7 Å². The fourth-order valence-corrected chi connectivity index (χ4v) is 0.572. The van der Waals surface area contributed by atoms with Crippen LogP contribution in [0.3, 0.4) is 0 Å². The third-order valence-corrected chi connectivity index (χ3v) is 1.10. The Morgan fingerprint density at radius 2 is 2.00 bits per heavy atom. The molecule has 0 spiro atoms. The molecule has 0 heterocycles. The lowest BCUT2D eigenvalue weighted by atomic mass is 10.5. The summed E-state index contributed by atoms with van der Waals surface area (Å²) in [7, 11) is 1.66. The van der Waals surface area contributed by atoms with Crippen LogP contribution in [0.2, 0.25) is 0 Å². The summed E-state index contributed by atoms with van der Waals surface area (Å²) in [6, 6.07) is 0. The third kappa shape index (κ3) is 9.46. The van der Waals surface area contributed by atoms with Crippen molar-refractivity contribution in [2.45, 2.75) is 6.42 Å². The fraction of sp³-hybridized carbons (Fsp3) is 0.750. The first-order valence-electron chi connectivity index (χ1n) is 3.71. The summed E-state index contributed by atoms with van der Waals surface area (Å²) in [4.78, 5) is 0. The van der Waals surface area contributed by atoms with Crippen LogP contribution < -0.4 is 0 Å². The van der Waals surface area contributed by atoms with Crippen LogP contribution in [0.5, 0.6) is 0 Å². The second-order valence-corrected chi connectivity index (χ2v) is 2.00. The summed E-state index contributed by atoms with van der Waals surface area (Å²) in [5.41, 5.74) is 0. The average Bonchev–Trinajstić information content (AvgIpc) is 2.03. The molecule has 0 radical (unpaired) electrons. The highest BCUT2D eigenvalue weighted by atomic mass is 16.5. The molecule has 0 bridgehead atoms. The molecule has 0 N–H and O–H groups in total. The SMILES string of the molecule is C=COCCCOCCOC. The van der Waals surface area contributed by atoms with Gasteiger partial charge in [-0.25, -0.2) is 0 Å². The Bertz CT molecular complexity index is 83.4. The molecular formula is C8H16O3. The van der Waals surface area contributed by atoms with Crippen molar-refractivity contribution < 1.29 is 14.2 Å². The molecule has 0 aliphatic heterocycles. The molecule has 0 saturated carbocycles. The van der Waals surface area contributed by atoms with E-state index in [1.54, 1.807) is 7.11 Å². The normalized spacial score (nSPS) is 9.55. The Morgan fingerprint density at radius 3 is 2.64 bits per heavy atom. The molecule has 0 saturated heterocycles. The van der Waals surface area contributed by atoms with Gasteiger partial charge in [0.2, 0.25) is 0 Å². The lowest BCUT2D eigenvalue weighted by molar-refractivity contribution is 0.0618. The van der Waals surface area contributed by atoms with Gasteiger partial charge in [-0.2, -0.15) is 0 Å². The van der Waals surface area contributed by atoms with E-state index < -0.39 is 0 Å². The van der Waals surface area contributed by atoms with Crippen LogP contribution in [0.1, 0.15) is 6.42 Å². The van der Waals surface area contributed by atoms with E-state index in [9.17, 15) is 0 Å². The summed E-state index contributed by atoms with van der Waals surface area (Å²) in [6.07, 6.45) is 2.34. The molecule has 11 heavy (non-hydrogen) atoms. The van der Waals surface area contributed by atoms with E-state index in [0.29, 0.717) is 19.8 Å². The summed E-state index contributed by atoms with van der Waals surface area (Å²) >= 11 is 0. The molecule has 0 fully saturated rings. The molecule has 0 atom stereocenters. The second-order valence-electron chi connectivity index (χ2n) is 2.00. The summed E-state index contributed by atoms with van der Waals surface area (Å²) in [5, 5.41) is 0. The van der Waals surface area contributed by atoms with Crippen molar-refractivity contribution in [3.8, 4) is 0 Å². The molecule has 3 nitrogen and oxygen atoms in total. The summed E-state index contributed by atoms with van der Waals surface area (Å²) < 4.78 is 14.9. The lowest BCUT2D eigenvalue weighted by Crippen LogP contribution is -2.04. The van der Waals surface area contributed by atoms with E-state index >= 15 is 0 Å². The monoisotopic (exact) mass is 160 g/mol. The Balaban J connectivity index is 2.74. The smallest absolute Gasteiger partial charge is 0.0895 e. The fourth-order valence-electron chi connectivity index (χ4n) is 0.572. The number of ether oxygens (including phenoxy) is 3. The first-order chi connectivity index (χ1) is 5.41. The minimum Gasteiger partial charge on any atom is -0.502 e. The van der Waals surface area contributed by atoms with Gasteiger partial charge < -0.3 is 14.2 Å². The minimum absolute atomic E-state index is 0.655. The van der Waals surface area contributed by atoms with Crippen LogP contribution in [0.15, 0.2) is 12.8 Å². The molecule has 3 heteroatoms. The van der Waals surface area contributed by atoms with E-state index in [4.69, 9.17) is 14.2 Å². The predicted molar refractivity (Wildman–Crippen MR) is 43.5 cm³/mol. The van der Waals surface area contributed by atoms with Crippen LogP contribution in [-0.2, 0) is 14.2 Å². The van der Waals surface area contributed by atoms with Crippen LogP contribution in [-0.4, -0.2) is 33.5 Å². The summed E-state index contributed by atoms with van der Waals surface area (Å²) in [5.74, 6) is 0. The highest BCUT2D eigenvalue weighted by Crippen LogP contribution is 1.85. The minimum atomic E-state index is 0.655. The maximum Gasteiger partial charge on any atom is 0.0895 e. The Hall–Kier alpha value is -0.540. The average molecular weight is 160 g/mol. The van der Waals surface area contributed by atoms with Crippen molar-refractivity contribution in [2.75, 3.05) is 33.5 Å². The van der Waals surface area contributed by atoms with Gasteiger partial charge in [0.05, 0.1) is 26.1 Å². The third-order valence-electron chi connectivity index (χ3n) is 1.10. The van der Waals surface area contributed by atoms with E-state index in [2.05, 4.69) is 6.58 Å². The van der Waals surface area contributed by atoms with Crippen molar-refractivity contribution in [2.24, 2.45) is 0 Å². The molecule has 0 aliphatic carbocycles. The van der Waals surface area contributed by atoms with Crippen LogP contribution in [0.25, 0.3) is 0 Å². The standard InChI is InChI=1S/C8H16O3/c1-3-10-5-4-6-11-8-7-9-2/h3H,1,4-8H2,2H3. The van der Waals surface area contributed by atoms with E-state index in [-0.39, 0.29) is 0 Å². The molecular weight excluding hydrogens is 144 g/mol. The first kappa shape index (κ1) is 10.5. The Morgan fingerprint density at radius 1 is 1.18 bits per heavy atom. The van der Waals surface area contributed by atoms with Crippen molar-refractivity contribution in [1.82, 2.24) is 0 Å². The van der Waals surface area contributed by atoms with Gasteiger partial charge in [0, 0.05) is 20.1 Å². The van der Waals surface area contributed by atoms with Crippen molar-refractivity contribution in [1.29, 1.82) is 0 Å². The molecule has 0 aliphatic rings. The first-order valence-corrected chi connectivity index (χ1v) is 3.71. The molecule has 0 unspecified atom stereocenters. The van der Waals surface area contributed by atoms with Crippen molar-refractivity contribution in [3.05, 3.63) is 12.8 Å². The van der Waals surface area contributed by atoms with Crippen LogP contribution in [0.4, 0.5) is 0 Å². The van der Waals surface area contributed by atoms with Gasteiger partial charge >= 0.3 is 0 Å². The van der Waals surface area contributed by atoms with E-state index in [0.717, 1.165) is 13.0 Å². The summed E-state index contributed by atoms with van der Waals surface area (Å²) in [6.45, 7) is 6.13. The molecule has 0 amide bonds. The predicted octanol–water partition coefficient (Wildman–Crippen LogP) is 1.20. The maximum absolute atomic E-state index is 5.18. The van der Waals surface area contributed by atoms with Gasteiger partial charge in [0.1, 0.15) is 0 Å². The number of hydrogen-bond donors (Lipinski definition) is 0. The van der Waals surface area contributed by atoms with Gasteiger partial charge in [0.15, 0.2) is 0 Å². The van der Waals surface area contributed by atoms with Gasteiger partial charge in [-0.1, -0.05) is 6.58 Å². The van der Waals surface area contributed by atoms with Crippen LogP contribution >= 0.6 is 0 Å². The second kappa shape index (κ2) is 9.46. The molecule has 0 aromatic heterocycles. The van der Waals surface area contributed by atoms with E-state index in [1.165, 1.54) is 6.26 Å². The maximum atomic E-state index is 5.18. The molecule has 0 rings (SSSR count). The quantitative estimate of drug-likeness (QED) is 0.394. The van der Waals surface area contributed by atoms with Crippen molar-refractivity contribution >= 4 is 0 Å². The zero-order valence-electron chi connectivity index (χ0n) is 7.04. The molecule has 0 aromatic rings. The van der Waals surface area contributed by atoms with Gasteiger partial charge in [-0.3, -0.25) is 0 Å². The zero-order valence-corrected chi connectivity index (χ0v) is 7.04. The van der Waals surface area contributed by atoms with Crippen molar-refractivity contribution in [3.63, 3.8) is 0 Å². The largest absolute Gasteiger partial charge is 0.502 e. The number of hydrogen-bond acceptors (Lipinski definition) is 3. The Kier molecular flexibility index (Phi) is 9.00.